The highest BCUT2D eigenvalue weighted by Crippen LogP contribution is 2.32. The summed E-state index contributed by atoms with van der Waals surface area (Å²) in [7, 11) is 2.13. The van der Waals surface area contributed by atoms with Crippen LogP contribution in [0, 0.1) is 0 Å². The fourth-order valence-electron chi connectivity index (χ4n) is 2.82. The Morgan fingerprint density at radius 1 is 1.31 bits per heavy atom. The number of rotatable bonds is 2. The molecule has 1 aromatic rings. The van der Waals surface area contributed by atoms with Crippen LogP contribution >= 0.6 is 0 Å². The van der Waals surface area contributed by atoms with Gasteiger partial charge in [0.2, 0.25) is 0 Å². The van der Waals surface area contributed by atoms with E-state index < -0.39 is 0 Å². The molecule has 3 rings (SSSR count). The van der Waals surface area contributed by atoms with E-state index in [2.05, 4.69) is 42.4 Å². The minimum Gasteiger partial charge on any atom is -0.485 e. The fraction of sp³-hybridized carbons (Fsp3) is 0.538. The summed E-state index contributed by atoms with van der Waals surface area (Å²) in [6.45, 7) is 6.14. The molecule has 0 aromatic heterocycles. The number of nitrogens with one attached hydrogen (secondary N) is 1. The summed E-state index contributed by atoms with van der Waals surface area (Å²) in [4.78, 5) is 2.28. The van der Waals surface area contributed by atoms with Crippen molar-refractivity contribution >= 4 is 0 Å². The van der Waals surface area contributed by atoms with Crippen molar-refractivity contribution in [3.8, 4) is 5.75 Å². The van der Waals surface area contributed by atoms with Crippen LogP contribution in [0.4, 0.5) is 0 Å². The van der Waals surface area contributed by atoms with Crippen LogP contribution in [0.3, 0.4) is 0 Å². The quantitative estimate of drug-likeness (QED) is 0.811. The second-order valence-electron chi connectivity index (χ2n) is 5.22. The van der Waals surface area contributed by atoms with Gasteiger partial charge in [0.25, 0.3) is 0 Å². The summed E-state index contributed by atoms with van der Waals surface area (Å²) in [5.41, 5.74) is 2.74. The van der Waals surface area contributed by atoms with Crippen LogP contribution in [-0.2, 0) is 13.1 Å². The molecule has 0 aliphatic carbocycles. The third-order valence-electron chi connectivity index (χ3n) is 3.41. The molecule has 1 N–H and O–H groups in total. The summed E-state index contributed by atoms with van der Waals surface area (Å²) < 4.78 is 6.17. The average molecular weight is 218 g/mol. The van der Waals surface area contributed by atoms with Crippen LogP contribution in [0.5, 0.6) is 5.75 Å². The lowest BCUT2D eigenvalue weighted by Crippen LogP contribution is -2.61. The second kappa shape index (κ2) is 3.47. The van der Waals surface area contributed by atoms with Crippen molar-refractivity contribution < 1.29 is 4.74 Å². The van der Waals surface area contributed by atoms with Crippen molar-refractivity contribution in [1.82, 2.24) is 10.2 Å². The monoisotopic (exact) mass is 218 g/mol. The zero-order valence-electron chi connectivity index (χ0n) is 9.92. The minimum absolute atomic E-state index is 0.00641. The summed E-state index contributed by atoms with van der Waals surface area (Å²) in [6, 6.07) is 6.36. The first-order valence-corrected chi connectivity index (χ1v) is 5.85. The Bertz CT molecular complexity index is 410. The number of nitrogens with zero attached hydrogens (tertiary/aromatic N) is 1. The summed E-state index contributed by atoms with van der Waals surface area (Å²) in [5, 5.41) is 3.37. The van der Waals surface area contributed by atoms with E-state index in [-0.39, 0.29) is 5.60 Å². The van der Waals surface area contributed by atoms with Gasteiger partial charge in [-0.25, -0.2) is 0 Å². The first-order chi connectivity index (χ1) is 7.66. The third-order valence-corrected chi connectivity index (χ3v) is 3.41. The van der Waals surface area contributed by atoms with E-state index in [1.165, 1.54) is 11.1 Å². The Morgan fingerprint density at radius 3 is 2.88 bits per heavy atom. The molecule has 86 valence electrons. The molecule has 0 saturated carbocycles. The smallest absolute Gasteiger partial charge is 0.131 e. The van der Waals surface area contributed by atoms with E-state index in [0.717, 1.165) is 31.9 Å². The largest absolute Gasteiger partial charge is 0.485 e. The molecular weight excluding hydrogens is 200 g/mol. The molecule has 0 radical (unpaired) electrons. The van der Waals surface area contributed by atoms with Crippen LogP contribution in [0.1, 0.15) is 18.1 Å². The fourth-order valence-corrected chi connectivity index (χ4v) is 2.82. The van der Waals surface area contributed by atoms with Crippen molar-refractivity contribution in [2.45, 2.75) is 25.6 Å². The lowest BCUT2D eigenvalue weighted by atomic mass is 9.97. The van der Waals surface area contributed by atoms with Gasteiger partial charge in [0.05, 0.1) is 0 Å². The SMILES string of the molecule is CN1CC(C)(Oc2cccc3c2CNC3)C1. The molecule has 0 bridgehead atoms. The Kier molecular flexibility index (Phi) is 2.19. The maximum Gasteiger partial charge on any atom is 0.131 e. The molecule has 2 aliphatic rings. The molecular formula is C13H18N2O. The number of likely N-dealkylation sites (tertiary alicyclic amines) is 1. The molecule has 1 fully saturated rings. The van der Waals surface area contributed by atoms with E-state index in [4.69, 9.17) is 4.74 Å². The summed E-state index contributed by atoms with van der Waals surface area (Å²) >= 11 is 0. The first-order valence-electron chi connectivity index (χ1n) is 5.85. The van der Waals surface area contributed by atoms with Crippen molar-refractivity contribution in [3.63, 3.8) is 0 Å². The van der Waals surface area contributed by atoms with Gasteiger partial charge in [-0.3, -0.25) is 4.90 Å². The van der Waals surface area contributed by atoms with E-state index in [0.29, 0.717) is 0 Å². The normalized spacial score (nSPS) is 22.6. The highest BCUT2D eigenvalue weighted by atomic mass is 16.5. The molecule has 1 saturated heterocycles. The highest BCUT2D eigenvalue weighted by Gasteiger charge is 2.39. The van der Waals surface area contributed by atoms with E-state index in [1.54, 1.807) is 0 Å². The van der Waals surface area contributed by atoms with Gasteiger partial charge >= 0.3 is 0 Å². The van der Waals surface area contributed by atoms with Gasteiger partial charge in [-0.15, -0.1) is 0 Å². The molecule has 2 aliphatic heterocycles. The van der Waals surface area contributed by atoms with Gasteiger partial charge in [-0.1, -0.05) is 12.1 Å². The molecule has 0 spiro atoms. The molecule has 2 heterocycles. The minimum atomic E-state index is 0.00641. The number of fused-ring (bicyclic) bond motifs is 1. The van der Waals surface area contributed by atoms with Gasteiger partial charge in [0.15, 0.2) is 0 Å². The topological polar surface area (TPSA) is 24.5 Å². The zero-order valence-corrected chi connectivity index (χ0v) is 9.92. The Balaban J connectivity index is 1.83. The number of hydrogen-bond acceptors (Lipinski definition) is 3. The number of benzene rings is 1. The van der Waals surface area contributed by atoms with Gasteiger partial charge in [0.1, 0.15) is 11.4 Å². The van der Waals surface area contributed by atoms with E-state index in [1.807, 2.05) is 0 Å². The number of ether oxygens (including phenoxy) is 1. The molecule has 3 heteroatoms. The van der Waals surface area contributed by atoms with Gasteiger partial charge in [-0.05, 0) is 25.6 Å². The third kappa shape index (κ3) is 1.60. The molecule has 1 aromatic carbocycles. The lowest BCUT2D eigenvalue weighted by molar-refractivity contribution is -0.0501. The van der Waals surface area contributed by atoms with Gasteiger partial charge in [0, 0.05) is 31.7 Å². The van der Waals surface area contributed by atoms with Crippen molar-refractivity contribution in [2.75, 3.05) is 20.1 Å². The van der Waals surface area contributed by atoms with E-state index in [9.17, 15) is 0 Å². The van der Waals surface area contributed by atoms with Crippen molar-refractivity contribution in [3.05, 3.63) is 29.3 Å². The Morgan fingerprint density at radius 2 is 2.12 bits per heavy atom. The van der Waals surface area contributed by atoms with Gasteiger partial charge in [-0.2, -0.15) is 0 Å². The van der Waals surface area contributed by atoms with Crippen LogP contribution < -0.4 is 10.1 Å². The Labute approximate surface area is 96.4 Å². The van der Waals surface area contributed by atoms with Crippen LogP contribution in [-0.4, -0.2) is 30.6 Å². The summed E-state index contributed by atoms with van der Waals surface area (Å²) in [5.74, 6) is 1.07. The number of likely N-dealkylation sites (N-methyl/N-ethyl adjacent to an activating group) is 1. The standard InChI is InChI=1S/C13H18N2O/c1-13(8-15(2)9-13)16-12-5-3-4-10-6-14-7-11(10)12/h3-5,14H,6-9H2,1-2H3. The second-order valence-corrected chi connectivity index (χ2v) is 5.22. The van der Waals surface area contributed by atoms with Crippen LogP contribution in [0.2, 0.25) is 0 Å². The van der Waals surface area contributed by atoms with Crippen LogP contribution in [0.25, 0.3) is 0 Å². The summed E-state index contributed by atoms with van der Waals surface area (Å²) in [6.07, 6.45) is 0. The molecule has 16 heavy (non-hydrogen) atoms. The van der Waals surface area contributed by atoms with Crippen molar-refractivity contribution in [1.29, 1.82) is 0 Å². The number of hydrogen-bond donors (Lipinski definition) is 1. The molecule has 3 nitrogen and oxygen atoms in total. The lowest BCUT2D eigenvalue weighted by Gasteiger charge is -2.46. The van der Waals surface area contributed by atoms with Crippen LogP contribution in [0.15, 0.2) is 18.2 Å². The maximum absolute atomic E-state index is 6.17. The maximum atomic E-state index is 6.17. The predicted octanol–water partition coefficient (Wildman–Crippen LogP) is 1.37. The molecule has 0 atom stereocenters. The average Bonchev–Trinajstić information content (AvgIpc) is 2.64. The Hall–Kier alpha value is -1.06. The van der Waals surface area contributed by atoms with Crippen molar-refractivity contribution in [2.24, 2.45) is 0 Å². The highest BCUT2D eigenvalue weighted by molar-refractivity contribution is 5.43. The molecule has 0 unspecified atom stereocenters. The predicted molar refractivity (Wildman–Crippen MR) is 63.5 cm³/mol. The zero-order chi connectivity index (χ0) is 11.2. The van der Waals surface area contributed by atoms with E-state index >= 15 is 0 Å². The first kappa shape index (κ1) is 10.1. The van der Waals surface area contributed by atoms with Gasteiger partial charge < -0.3 is 10.1 Å². The molecule has 0 amide bonds.